The molecule has 0 saturated heterocycles. The Balaban J connectivity index is 1.97. The molecule has 4 nitrogen and oxygen atoms in total. The molecule has 3 rings (SSSR count). The second kappa shape index (κ2) is 7.62. The van der Waals surface area contributed by atoms with Gasteiger partial charge in [-0.05, 0) is 37.5 Å². The van der Waals surface area contributed by atoms with Crippen molar-refractivity contribution < 1.29 is 14.3 Å². The van der Waals surface area contributed by atoms with E-state index in [0.29, 0.717) is 5.56 Å². The fraction of sp³-hybridized carbons (Fsp3) is 0.217. The van der Waals surface area contributed by atoms with Crippen LogP contribution in [-0.4, -0.2) is 24.4 Å². The molecule has 0 spiro atoms. The number of ketones is 1. The van der Waals surface area contributed by atoms with Gasteiger partial charge in [0.25, 0.3) is 0 Å². The van der Waals surface area contributed by atoms with Gasteiger partial charge in [-0.2, -0.15) is 0 Å². The zero-order valence-electron chi connectivity index (χ0n) is 15.8. The lowest BCUT2D eigenvalue weighted by Crippen LogP contribution is -2.43. The highest BCUT2D eigenvalue weighted by molar-refractivity contribution is 6.08. The van der Waals surface area contributed by atoms with Gasteiger partial charge in [0.05, 0.1) is 7.11 Å². The van der Waals surface area contributed by atoms with Crippen LogP contribution in [0.3, 0.4) is 0 Å². The van der Waals surface area contributed by atoms with Crippen molar-refractivity contribution in [1.82, 2.24) is 5.32 Å². The number of nitrogens with one attached hydrogen (secondary N) is 1. The molecule has 0 bridgehead atoms. The summed E-state index contributed by atoms with van der Waals surface area (Å²) in [5.41, 5.74) is 4.37. The minimum Gasteiger partial charge on any atom is -0.466 e. The van der Waals surface area contributed by atoms with Gasteiger partial charge in [0.1, 0.15) is 0 Å². The van der Waals surface area contributed by atoms with Gasteiger partial charge in [0.15, 0.2) is 5.78 Å². The van der Waals surface area contributed by atoms with Crippen LogP contribution in [0.15, 0.2) is 60.7 Å². The number of allylic oxidation sites excluding steroid dienone is 1. The number of esters is 1. The molecule has 0 atom stereocenters. The molecule has 0 saturated carbocycles. The maximum Gasteiger partial charge on any atom is 0.330 e. The first-order chi connectivity index (χ1) is 12.9. The standard InChI is InChI=1S/C23H23NO3/c1-23(2)15-18-13-16(10-12-22(26)27-3)9-11-19(18)20(24-23)14-21(25)17-7-5-4-6-8-17/h4-14,24H,15H2,1-3H3/b12-10+,20-14-. The molecule has 27 heavy (non-hydrogen) atoms. The average Bonchev–Trinajstić information content (AvgIpc) is 2.65. The van der Waals surface area contributed by atoms with Crippen LogP contribution < -0.4 is 5.32 Å². The Bertz CT molecular complexity index is 924. The van der Waals surface area contributed by atoms with Crippen molar-refractivity contribution >= 4 is 23.5 Å². The number of hydrogen-bond donors (Lipinski definition) is 1. The van der Waals surface area contributed by atoms with Gasteiger partial charge < -0.3 is 10.1 Å². The normalized spacial score (nSPS) is 16.6. The average molecular weight is 361 g/mol. The van der Waals surface area contributed by atoms with E-state index in [2.05, 4.69) is 30.0 Å². The Morgan fingerprint density at radius 3 is 2.56 bits per heavy atom. The third-order valence-electron chi connectivity index (χ3n) is 4.47. The van der Waals surface area contributed by atoms with Crippen molar-refractivity contribution in [3.05, 3.63) is 82.9 Å². The molecule has 1 aliphatic rings. The van der Waals surface area contributed by atoms with Crippen molar-refractivity contribution in [3.63, 3.8) is 0 Å². The second-order valence-corrected chi connectivity index (χ2v) is 7.25. The quantitative estimate of drug-likeness (QED) is 0.508. The molecule has 1 heterocycles. The number of methoxy groups -OCH3 is 1. The summed E-state index contributed by atoms with van der Waals surface area (Å²) in [6.07, 6.45) is 5.63. The SMILES string of the molecule is COC(=O)/C=C/c1ccc2c(c1)CC(C)(C)N/C2=C\C(=O)c1ccccc1. The number of benzene rings is 2. The number of ether oxygens (including phenoxy) is 1. The summed E-state index contributed by atoms with van der Waals surface area (Å²) in [6.45, 7) is 4.21. The monoisotopic (exact) mass is 361 g/mol. The van der Waals surface area contributed by atoms with Crippen LogP contribution >= 0.6 is 0 Å². The van der Waals surface area contributed by atoms with E-state index in [1.165, 1.54) is 13.2 Å². The van der Waals surface area contributed by atoms with Crippen molar-refractivity contribution in [2.45, 2.75) is 25.8 Å². The van der Waals surface area contributed by atoms with Crippen molar-refractivity contribution in [1.29, 1.82) is 0 Å². The minimum absolute atomic E-state index is 0.0311. The molecule has 1 N–H and O–H groups in total. The molecule has 0 aliphatic carbocycles. The smallest absolute Gasteiger partial charge is 0.330 e. The molecular formula is C23H23NO3. The number of hydrogen-bond acceptors (Lipinski definition) is 4. The van der Waals surface area contributed by atoms with E-state index >= 15 is 0 Å². The van der Waals surface area contributed by atoms with Gasteiger partial charge >= 0.3 is 5.97 Å². The Morgan fingerprint density at radius 1 is 1.11 bits per heavy atom. The first kappa shape index (κ1) is 18.6. The van der Waals surface area contributed by atoms with Gasteiger partial charge in [0, 0.05) is 34.5 Å². The molecule has 2 aromatic rings. The molecule has 0 amide bonds. The zero-order valence-corrected chi connectivity index (χ0v) is 15.8. The van der Waals surface area contributed by atoms with Crippen LogP contribution in [0.4, 0.5) is 0 Å². The van der Waals surface area contributed by atoms with Crippen LogP contribution in [0.25, 0.3) is 11.8 Å². The summed E-state index contributed by atoms with van der Waals surface area (Å²) in [7, 11) is 1.36. The predicted octanol–water partition coefficient (Wildman–Crippen LogP) is 4.02. The topological polar surface area (TPSA) is 55.4 Å². The fourth-order valence-corrected chi connectivity index (χ4v) is 3.24. The molecule has 1 aliphatic heterocycles. The van der Waals surface area contributed by atoms with Crippen molar-refractivity contribution in [3.8, 4) is 0 Å². The van der Waals surface area contributed by atoms with Crippen LogP contribution in [-0.2, 0) is 16.0 Å². The molecular weight excluding hydrogens is 338 g/mol. The zero-order chi connectivity index (χ0) is 19.4. The van der Waals surface area contributed by atoms with Crippen LogP contribution in [0.1, 0.15) is 40.9 Å². The molecule has 0 fully saturated rings. The lowest BCUT2D eigenvalue weighted by atomic mass is 9.84. The summed E-state index contributed by atoms with van der Waals surface area (Å²) in [6, 6.07) is 15.2. The highest BCUT2D eigenvalue weighted by Gasteiger charge is 2.28. The first-order valence-corrected chi connectivity index (χ1v) is 8.86. The number of carbonyl (C=O) groups excluding carboxylic acids is 2. The van der Waals surface area contributed by atoms with Gasteiger partial charge in [-0.3, -0.25) is 4.79 Å². The summed E-state index contributed by atoms with van der Waals surface area (Å²) in [5, 5.41) is 3.48. The molecule has 138 valence electrons. The number of rotatable bonds is 4. The fourth-order valence-electron chi connectivity index (χ4n) is 3.24. The lowest BCUT2D eigenvalue weighted by Gasteiger charge is -2.35. The third kappa shape index (κ3) is 4.53. The summed E-state index contributed by atoms with van der Waals surface area (Å²) in [5.74, 6) is -0.417. The molecule has 2 aromatic carbocycles. The second-order valence-electron chi connectivity index (χ2n) is 7.25. The van der Waals surface area contributed by atoms with E-state index in [-0.39, 0.29) is 17.3 Å². The van der Waals surface area contributed by atoms with Crippen LogP contribution in [0, 0.1) is 0 Å². The first-order valence-electron chi connectivity index (χ1n) is 8.86. The third-order valence-corrected chi connectivity index (χ3v) is 4.47. The van der Waals surface area contributed by atoms with E-state index in [1.807, 2.05) is 42.5 Å². The van der Waals surface area contributed by atoms with Gasteiger partial charge in [-0.15, -0.1) is 0 Å². The van der Waals surface area contributed by atoms with Gasteiger partial charge in [0.2, 0.25) is 0 Å². The van der Waals surface area contributed by atoms with Gasteiger partial charge in [-0.1, -0.05) is 48.5 Å². The van der Waals surface area contributed by atoms with Gasteiger partial charge in [-0.25, -0.2) is 4.79 Å². The maximum atomic E-state index is 12.6. The van der Waals surface area contributed by atoms with E-state index in [0.717, 1.165) is 28.8 Å². The number of carbonyl (C=O) groups is 2. The largest absolute Gasteiger partial charge is 0.466 e. The van der Waals surface area contributed by atoms with E-state index in [4.69, 9.17) is 0 Å². The highest BCUT2D eigenvalue weighted by atomic mass is 16.5. The highest BCUT2D eigenvalue weighted by Crippen LogP contribution is 2.31. The summed E-state index contributed by atoms with van der Waals surface area (Å²) in [4.78, 5) is 24.0. The summed E-state index contributed by atoms with van der Waals surface area (Å²) < 4.78 is 4.64. The predicted molar refractivity (Wildman–Crippen MR) is 107 cm³/mol. The molecule has 0 radical (unpaired) electrons. The lowest BCUT2D eigenvalue weighted by molar-refractivity contribution is -0.134. The minimum atomic E-state index is -0.385. The Morgan fingerprint density at radius 2 is 1.85 bits per heavy atom. The van der Waals surface area contributed by atoms with E-state index < -0.39 is 0 Å². The van der Waals surface area contributed by atoms with E-state index in [9.17, 15) is 9.59 Å². The van der Waals surface area contributed by atoms with E-state index in [1.54, 1.807) is 12.2 Å². The van der Waals surface area contributed by atoms with Crippen LogP contribution in [0.2, 0.25) is 0 Å². The van der Waals surface area contributed by atoms with Crippen molar-refractivity contribution in [2.24, 2.45) is 0 Å². The Kier molecular flexibility index (Phi) is 5.26. The summed E-state index contributed by atoms with van der Waals surface area (Å²) >= 11 is 0. The molecule has 0 aromatic heterocycles. The molecule has 4 heteroatoms. The Hall–Kier alpha value is -3.14. The van der Waals surface area contributed by atoms with Crippen LogP contribution in [0.5, 0.6) is 0 Å². The maximum absolute atomic E-state index is 12.6. The Labute approximate surface area is 159 Å². The molecule has 0 unspecified atom stereocenters. The van der Waals surface area contributed by atoms with Crippen molar-refractivity contribution in [2.75, 3.05) is 7.11 Å². The number of fused-ring (bicyclic) bond motifs is 1.